The Morgan fingerprint density at radius 2 is 2.09 bits per heavy atom. The molecule has 0 fully saturated rings. The number of aromatic nitrogens is 1. The molecule has 1 amide bonds. The molecule has 1 unspecified atom stereocenters. The Bertz CT molecular complexity index is 994. The van der Waals surface area contributed by atoms with Crippen LogP contribution in [-0.4, -0.2) is 24.7 Å². The van der Waals surface area contributed by atoms with Crippen LogP contribution in [0.4, 0.5) is 11.5 Å². The maximum atomic E-state index is 13.1. The SMILES string of the molecule is CN1C(=O)C2(COc3cc4onc(N)c4cc32)c2ccccc21. The number of nitrogens with zero attached hydrogens (tertiary/aromatic N) is 2. The van der Waals surface area contributed by atoms with Crippen LogP contribution in [0.25, 0.3) is 11.0 Å². The van der Waals surface area contributed by atoms with Crippen molar-refractivity contribution < 1.29 is 14.1 Å². The van der Waals surface area contributed by atoms with E-state index in [0.29, 0.717) is 22.5 Å². The molecule has 1 spiro atoms. The van der Waals surface area contributed by atoms with Gasteiger partial charge in [0.05, 0.1) is 5.39 Å². The summed E-state index contributed by atoms with van der Waals surface area (Å²) in [5.74, 6) is 0.968. The number of ether oxygens (including phenoxy) is 1. The van der Waals surface area contributed by atoms with Crippen molar-refractivity contribution in [1.82, 2.24) is 5.16 Å². The van der Waals surface area contributed by atoms with Crippen LogP contribution in [0.5, 0.6) is 5.75 Å². The lowest BCUT2D eigenvalue weighted by atomic mass is 9.77. The topological polar surface area (TPSA) is 81.6 Å². The molecule has 3 aromatic rings. The van der Waals surface area contributed by atoms with Crippen LogP contribution >= 0.6 is 0 Å². The molecule has 0 bridgehead atoms. The summed E-state index contributed by atoms with van der Waals surface area (Å²) in [6, 6.07) is 11.4. The highest BCUT2D eigenvalue weighted by Crippen LogP contribution is 2.52. The highest BCUT2D eigenvalue weighted by Gasteiger charge is 2.56. The number of anilines is 2. The normalized spacial score (nSPS) is 21.8. The molecular weight excluding hydrogens is 294 g/mol. The lowest BCUT2D eigenvalue weighted by Crippen LogP contribution is -2.40. The van der Waals surface area contributed by atoms with Crippen LogP contribution in [0, 0.1) is 0 Å². The third-order valence-electron chi connectivity index (χ3n) is 4.90. The first-order valence-electron chi connectivity index (χ1n) is 7.33. The molecule has 2 aromatic carbocycles. The van der Waals surface area contributed by atoms with Gasteiger partial charge in [-0.1, -0.05) is 23.4 Å². The Hall–Kier alpha value is -3.02. The first-order chi connectivity index (χ1) is 11.1. The molecule has 6 nitrogen and oxygen atoms in total. The Morgan fingerprint density at radius 1 is 1.26 bits per heavy atom. The summed E-state index contributed by atoms with van der Waals surface area (Å²) in [5.41, 5.74) is 8.30. The number of likely N-dealkylation sites (N-methyl/N-ethyl adjacent to an activating group) is 1. The summed E-state index contributed by atoms with van der Waals surface area (Å²) in [5, 5.41) is 4.48. The van der Waals surface area contributed by atoms with Crippen LogP contribution in [0.1, 0.15) is 11.1 Å². The molecule has 1 aromatic heterocycles. The van der Waals surface area contributed by atoms with Gasteiger partial charge in [0.25, 0.3) is 0 Å². The Morgan fingerprint density at radius 3 is 2.96 bits per heavy atom. The van der Waals surface area contributed by atoms with Crippen LogP contribution in [0.2, 0.25) is 0 Å². The fourth-order valence-electron chi connectivity index (χ4n) is 3.74. The second-order valence-corrected chi connectivity index (χ2v) is 5.99. The second kappa shape index (κ2) is 3.84. The van der Waals surface area contributed by atoms with Crippen molar-refractivity contribution in [3.63, 3.8) is 0 Å². The molecule has 0 saturated heterocycles. The number of carbonyl (C=O) groups is 1. The minimum Gasteiger partial charge on any atom is -0.491 e. The van der Waals surface area contributed by atoms with Gasteiger partial charge in [-0.25, -0.2) is 0 Å². The standard InChI is InChI=1S/C17H13N3O3/c1-20-12-5-3-2-4-10(12)17(16(20)21)8-22-14-7-13-9(6-11(14)17)15(18)19-23-13/h2-7H,8H2,1H3,(H2,18,19). The Labute approximate surface area is 131 Å². The van der Waals surface area contributed by atoms with E-state index in [2.05, 4.69) is 5.16 Å². The van der Waals surface area contributed by atoms with Crippen LogP contribution in [-0.2, 0) is 10.2 Å². The second-order valence-electron chi connectivity index (χ2n) is 5.99. The highest BCUT2D eigenvalue weighted by atomic mass is 16.5. The van der Waals surface area contributed by atoms with Crippen molar-refractivity contribution in [3.05, 3.63) is 47.5 Å². The number of nitrogen functional groups attached to an aromatic ring is 1. The molecule has 3 heterocycles. The summed E-state index contributed by atoms with van der Waals surface area (Å²) in [7, 11) is 1.79. The molecule has 0 saturated carbocycles. The number of hydrogen-bond donors (Lipinski definition) is 1. The van der Waals surface area contributed by atoms with E-state index in [9.17, 15) is 4.79 Å². The van der Waals surface area contributed by atoms with Gasteiger partial charge in [0.15, 0.2) is 11.4 Å². The maximum Gasteiger partial charge on any atom is 0.245 e. The lowest BCUT2D eigenvalue weighted by Gasteiger charge is -2.21. The van der Waals surface area contributed by atoms with Gasteiger partial charge in [-0.2, -0.15) is 0 Å². The maximum absolute atomic E-state index is 13.1. The van der Waals surface area contributed by atoms with Gasteiger partial charge < -0.3 is 19.9 Å². The minimum atomic E-state index is -0.821. The van der Waals surface area contributed by atoms with Gasteiger partial charge in [0.1, 0.15) is 17.8 Å². The summed E-state index contributed by atoms with van der Waals surface area (Å²) in [4.78, 5) is 14.8. The van der Waals surface area contributed by atoms with E-state index in [1.54, 1.807) is 18.0 Å². The van der Waals surface area contributed by atoms with Gasteiger partial charge in [0.2, 0.25) is 5.91 Å². The van der Waals surface area contributed by atoms with E-state index in [1.807, 2.05) is 30.3 Å². The van der Waals surface area contributed by atoms with E-state index < -0.39 is 5.41 Å². The van der Waals surface area contributed by atoms with Crippen molar-refractivity contribution in [2.75, 3.05) is 24.3 Å². The average molecular weight is 307 g/mol. The highest BCUT2D eigenvalue weighted by molar-refractivity contribution is 6.11. The summed E-state index contributed by atoms with van der Waals surface area (Å²) in [6.07, 6.45) is 0. The third-order valence-corrected chi connectivity index (χ3v) is 4.90. The van der Waals surface area contributed by atoms with Gasteiger partial charge in [0, 0.05) is 24.4 Å². The molecule has 23 heavy (non-hydrogen) atoms. The molecule has 2 aliphatic rings. The third kappa shape index (κ3) is 1.30. The Kier molecular flexibility index (Phi) is 2.09. The minimum absolute atomic E-state index is 0.00632. The number of rotatable bonds is 0. The predicted octanol–water partition coefficient (Wildman–Crippen LogP) is 2.06. The number of benzene rings is 2. The van der Waals surface area contributed by atoms with Crippen LogP contribution in [0.3, 0.4) is 0 Å². The van der Waals surface area contributed by atoms with E-state index in [0.717, 1.165) is 16.8 Å². The monoisotopic (exact) mass is 307 g/mol. The molecular formula is C17H13N3O3. The zero-order valence-electron chi connectivity index (χ0n) is 12.4. The van der Waals surface area contributed by atoms with Gasteiger partial charge >= 0.3 is 0 Å². The predicted molar refractivity (Wildman–Crippen MR) is 84.5 cm³/mol. The summed E-state index contributed by atoms with van der Waals surface area (Å²) >= 11 is 0. The van der Waals surface area contributed by atoms with E-state index in [-0.39, 0.29) is 12.5 Å². The number of nitrogens with two attached hydrogens (primary N) is 1. The number of hydrogen-bond acceptors (Lipinski definition) is 5. The van der Waals surface area contributed by atoms with Crippen molar-refractivity contribution in [2.45, 2.75) is 5.41 Å². The fraction of sp³-hybridized carbons (Fsp3) is 0.176. The average Bonchev–Trinajstić information content (AvgIpc) is 3.19. The van der Waals surface area contributed by atoms with E-state index >= 15 is 0 Å². The van der Waals surface area contributed by atoms with E-state index in [4.69, 9.17) is 15.0 Å². The number of para-hydroxylation sites is 1. The largest absolute Gasteiger partial charge is 0.491 e. The van der Waals surface area contributed by atoms with Crippen molar-refractivity contribution >= 4 is 28.4 Å². The molecule has 114 valence electrons. The van der Waals surface area contributed by atoms with Crippen molar-refractivity contribution in [3.8, 4) is 5.75 Å². The van der Waals surface area contributed by atoms with Crippen LogP contribution < -0.4 is 15.4 Å². The van der Waals surface area contributed by atoms with Crippen LogP contribution in [0.15, 0.2) is 40.9 Å². The number of amides is 1. The van der Waals surface area contributed by atoms with Gasteiger partial charge in [-0.05, 0) is 17.7 Å². The molecule has 0 radical (unpaired) electrons. The summed E-state index contributed by atoms with van der Waals surface area (Å²) < 4.78 is 11.0. The molecule has 1 atom stereocenters. The zero-order chi connectivity index (χ0) is 15.8. The van der Waals surface area contributed by atoms with Crippen molar-refractivity contribution in [1.29, 1.82) is 0 Å². The Balaban J connectivity index is 1.86. The summed E-state index contributed by atoms with van der Waals surface area (Å²) in [6.45, 7) is 0.280. The van der Waals surface area contributed by atoms with Gasteiger partial charge in [-0.3, -0.25) is 4.79 Å². The number of carbonyl (C=O) groups excluding carboxylic acids is 1. The smallest absolute Gasteiger partial charge is 0.245 e. The molecule has 2 aliphatic heterocycles. The lowest BCUT2D eigenvalue weighted by molar-refractivity contribution is -0.121. The number of fused-ring (bicyclic) bond motifs is 5. The molecule has 2 N–H and O–H groups in total. The first kappa shape index (κ1) is 12.5. The fourth-order valence-corrected chi connectivity index (χ4v) is 3.74. The van der Waals surface area contributed by atoms with E-state index in [1.165, 1.54) is 0 Å². The molecule has 5 rings (SSSR count). The zero-order valence-corrected chi connectivity index (χ0v) is 12.4. The molecule has 0 aliphatic carbocycles. The quantitative estimate of drug-likeness (QED) is 0.687. The van der Waals surface area contributed by atoms with Crippen molar-refractivity contribution in [2.24, 2.45) is 0 Å². The molecule has 6 heteroatoms. The first-order valence-corrected chi connectivity index (χ1v) is 7.33. The van der Waals surface area contributed by atoms with Gasteiger partial charge in [-0.15, -0.1) is 0 Å².